The smallest absolute Gasteiger partial charge is 0 e. The molecule has 0 saturated heterocycles. The van der Waals surface area contributed by atoms with E-state index in [0.717, 1.165) is 0 Å². The molecule has 0 heteroatoms. The normalized spacial score (nSPS) is 3.94. The van der Waals surface area contributed by atoms with Crippen molar-refractivity contribution in [2.75, 3.05) is 0 Å². The molecule has 0 aliphatic rings. The predicted molar refractivity (Wildman–Crippen MR) is 411 cm³/mol. The number of hydrogen-bond donors (Lipinski definition) is 0. The highest BCUT2D eigenvalue weighted by Crippen LogP contribution is 1.68. The molecule has 0 heterocycles. The molecule has 0 amide bonds. The van der Waals surface area contributed by atoms with Crippen LogP contribution in [0.3, 0.4) is 0 Å². The summed E-state index contributed by atoms with van der Waals surface area (Å²) in [4.78, 5) is 0. The van der Waals surface area contributed by atoms with Gasteiger partial charge in [-0.05, 0) is 0 Å². The summed E-state index contributed by atoms with van der Waals surface area (Å²) in [5.74, 6) is 257. The average molecular weight is 1270 g/mol. The van der Waals surface area contributed by atoms with Crippen molar-refractivity contribution in [2.45, 2.75) is 0 Å². The van der Waals surface area contributed by atoms with Crippen molar-refractivity contribution in [1.29, 1.82) is 0 Å². The van der Waals surface area contributed by atoms with Crippen LogP contribution in [0.2, 0.25) is 0 Å². The molecule has 0 aromatic rings. The zero-order chi connectivity index (χ0) is 75.5. The van der Waals surface area contributed by atoms with Crippen LogP contribution in [-0.2, 0) is 0 Å². The fraction of sp³-hybridized carbons (Fsp3) is 0. The Kier molecular flexibility index (Phi) is 63.7. The third-order valence-corrected chi connectivity index (χ3v) is 6.44. The van der Waals surface area contributed by atoms with Gasteiger partial charge >= 0.3 is 0 Å². The molecule has 0 aliphatic heterocycles. The lowest BCUT2D eigenvalue weighted by Crippen LogP contribution is -1.57. The van der Waals surface area contributed by atoms with Gasteiger partial charge in [0.1, 0.15) is 0 Å². The first kappa shape index (κ1) is 82.7. The second-order valence-corrected chi connectivity index (χ2v) is 13.0. The summed E-state index contributed by atoms with van der Waals surface area (Å²) in [7, 11) is 0. The highest BCUT2D eigenvalue weighted by molar-refractivity contribution is 5.56. The molecule has 0 atom stereocenters. The van der Waals surface area contributed by atoms with E-state index in [0.29, 0.717) is 0 Å². The van der Waals surface area contributed by atoms with Crippen LogP contribution in [0, 0.1) is 629 Å². The summed E-state index contributed by atoms with van der Waals surface area (Å²) < 4.78 is 0. The molecule has 0 aromatic carbocycles. The third-order valence-electron chi connectivity index (χ3n) is 6.44. The van der Waals surface area contributed by atoms with Crippen molar-refractivity contribution < 1.29 is 0 Å². The van der Waals surface area contributed by atoms with Gasteiger partial charge in [-0.2, -0.15) is 0 Å². The molecular weight excluding hydrogens is 1270 g/mol. The Morgan fingerprint density at radius 3 is 0.104 bits per heavy atom. The lowest BCUT2D eigenvalue weighted by molar-refractivity contribution is 2.31. The molecule has 0 spiro atoms. The minimum absolute atomic E-state index is 1.87. The monoisotopic (exact) mass is 1270 g/mol. The summed E-state index contributed by atoms with van der Waals surface area (Å²) in [5, 5.41) is 0. The molecule has 0 saturated carbocycles. The Bertz CT molecular complexity index is 7110. The first-order valence-corrected chi connectivity index (χ1v) is 26.2. The van der Waals surface area contributed by atoms with Crippen LogP contribution in [0.5, 0.6) is 0 Å². The molecule has 0 rings (SSSR count). The van der Waals surface area contributed by atoms with E-state index in [1.165, 1.54) is 0 Å². The van der Waals surface area contributed by atoms with Gasteiger partial charge in [-0.25, -0.2) is 0 Å². The van der Waals surface area contributed by atoms with Crippen molar-refractivity contribution in [1.82, 2.24) is 0 Å². The van der Waals surface area contributed by atoms with E-state index in [9.17, 15) is 0 Å². The Morgan fingerprint density at radius 2 is 0.0755 bits per heavy atom. The van der Waals surface area contributed by atoms with Crippen LogP contribution >= 0.6 is 0 Å². The van der Waals surface area contributed by atoms with Crippen molar-refractivity contribution in [2.24, 2.45) is 0 Å². The summed E-state index contributed by atoms with van der Waals surface area (Å²) in [6.07, 6.45) is 13.2. The first-order chi connectivity index (χ1) is 52.9. The van der Waals surface area contributed by atoms with Crippen LogP contribution in [0.15, 0.2) is 0 Å². The maximum atomic E-state index is 6.59. The summed E-state index contributed by atoms with van der Waals surface area (Å²) in [5.41, 5.74) is 0. The lowest BCUT2D eigenvalue weighted by Gasteiger charge is -1.58. The Morgan fingerprint density at radius 1 is 0.0472 bits per heavy atom. The standard InChI is InChI=1S/C106/c1-3-5-7-9-11-13-15-17-19-21-23-25-27-29-31-33-35-37-39-41-43-45-47-49-51-53-55-57-59-61-63-65-67-69-71-73-75-77-79-81-83-85-87-89-91-93-95-97-99-101-103-105-106-104-102-100-98-96-94-92-90-88-86-84-82-80-78-76-74-72-70-68-66-64-62-60-58-56-54-52-50-48-46-44-42-40-38-36-34-32-30-28-26-24-22-20-18-16-14-12-10-8-6-4-2. The number of hydrogen-bond acceptors (Lipinski definition) is 0. The van der Waals surface area contributed by atoms with Gasteiger partial charge in [-0.3, -0.25) is 0 Å². The SMILES string of the molecule is [C]#CC#CC#CC#CC#CC#CC#CC#CC#CC#CC#CC#CC#CC#CC#CC#CC#CC#CC#CC#CC#CC#CC#CC#CC#CC#CC#CC#CC#CC#CC#CC#CC#CC#CC#CC#CC#CC#CC#CC#CC#CC#CC#CC#CC#CC#CC#CC#CC#CC#CC#CC#CC#[C]. The molecule has 0 N–H and O–H groups in total. The highest BCUT2D eigenvalue weighted by Gasteiger charge is 1.68. The van der Waals surface area contributed by atoms with Crippen LogP contribution in [-0.4, -0.2) is 0 Å². The highest BCUT2D eigenvalue weighted by atomic mass is 13.7. The molecule has 0 bridgehead atoms. The maximum Gasteiger partial charge on any atom is 0 e. The minimum Gasteiger partial charge on any atom is 0 e. The minimum atomic E-state index is 1.87. The van der Waals surface area contributed by atoms with Crippen molar-refractivity contribution in [3.63, 3.8) is 0 Å². The van der Waals surface area contributed by atoms with Gasteiger partial charge in [-0.1, -0.05) is 0 Å². The van der Waals surface area contributed by atoms with E-state index >= 15 is 0 Å². The molecule has 424 valence electrons. The van der Waals surface area contributed by atoms with Crippen LogP contribution in [0.1, 0.15) is 0 Å². The average Bonchev–Trinajstić information content (AvgIpc) is 3.85. The van der Waals surface area contributed by atoms with E-state index in [1.807, 2.05) is 11.8 Å². The maximum absolute atomic E-state index is 6.59. The fourth-order valence-corrected chi connectivity index (χ4v) is 3.19. The van der Waals surface area contributed by atoms with E-state index < -0.39 is 0 Å². The molecule has 0 fully saturated rings. The molecule has 2 radical (unpaired) electrons. The largest absolute Gasteiger partial charge is 0 e. The van der Waals surface area contributed by atoms with Gasteiger partial charge in [0.05, 0.1) is 0 Å². The van der Waals surface area contributed by atoms with Crippen LogP contribution < -0.4 is 0 Å². The Hall–Kier alpha value is -23.3. The first-order valence-electron chi connectivity index (χ1n) is 26.2. The molecule has 106 heavy (non-hydrogen) atoms. The van der Waals surface area contributed by atoms with Gasteiger partial charge < -0.3 is 0 Å². The van der Waals surface area contributed by atoms with Gasteiger partial charge in [0.15, 0.2) is 0 Å². The van der Waals surface area contributed by atoms with Crippen molar-refractivity contribution >= 4 is 0 Å². The van der Waals surface area contributed by atoms with Crippen LogP contribution in [0.4, 0.5) is 0 Å². The van der Waals surface area contributed by atoms with Crippen LogP contribution in [0.25, 0.3) is 0 Å². The molecule has 0 unspecified atom stereocenters. The van der Waals surface area contributed by atoms with E-state index in [2.05, 4.69) is 604 Å². The van der Waals surface area contributed by atoms with E-state index in [-0.39, 0.29) is 0 Å². The molecule has 0 aliphatic carbocycles. The van der Waals surface area contributed by atoms with Gasteiger partial charge in [0.2, 0.25) is 0 Å². The summed E-state index contributed by atoms with van der Waals surface area (Å²) in [6.45, 7) is 0. The molecule has 0 nitrogen and oxygen atoms in total. The quantitative estimate of drug-likeness (QED) is 0.308. The van der Waals surface area contributed by atoms with E-state index in [1.54, 1.807) is 0 Å². The second kappa shape index (κ2) is 81.7. The zero-order valence-corrected chi connectivity index (χ0v) is 53.0. The van der Waals surface area contributed by atoms with Gasteiger partial charge in [-0.15, -0.1) is 0 Å². The molecule has 0 aromatic heterocycles. The molecular formula is C106. The third kappa shape index (κ3) is 80.7. The van der Waals surface area contributed by atoms with Gasteiger partial charge in [0.25, 0.3) is 0 Å². The van der Waals surface area contributed by atoms with E-state index in [4.69, 9.17) is 12.8 Å². The Balaban J connectivity index is 4.64. The fourth-order valence-electron chi connectivity index (χ4n) is 3.19. The number of rotatable bonds is 0. The predicted octanol–water partition coefficient (Wildman–Crippen LogP) is 0.339. The summed E-state index contributed by atoms with van der Waals surface area (Å²) >= 11 is 0. The van der Waals surface area contributed by atoms with Crippen molar-refractivity contribution in [3.8, 4) is 616 Å². The second-order valence-electron chi connectivity index (χ2n) is 13.0. The topological polar surface area (TPSA) is 0 Å². The van der Waals surface area contributed by atoms with Crippen molar-refractivity contribution in [3.05, 3.63) is 12.8 Å². The lowest BCUT2D eigenvalue weighted by atomic mass is 10.4. The van der Waals surface area contributed by atoms with Gasteiger partial charge in [0, 0.05) is 629 Å². The summed E-state index contributed by atoms with van der Waals surface area (Å²) in [6, 6.07) is 0. The Labute approximate surface area is 624 Å². The zero-order valence-electron chi connectivity index (χ0n) is 53.0.